The Hall–Kier alpha value is -0.210. The normalized spacial score (nSPS) is 31.4. The minimum Gasteiger partial charge on any atom is -0.393 e. The maximum atomic E-state index is 12.0. The highest BCUT2D eigenvalue weighted by molar-refractivity contribution is 7.87. The molecule has 2 atom stereocenters. The Morgan fingerprint density at radius 2 is 1.89 bits per heavy atom. The van der Waals surface area contributed by atoms with E-state index in [4.69, 9.17) is 4.74 Å². The van der Waals surface area contributed by atoms with Crippen molar-refractivity contribution < 1.29 is 18.3 Å². The van der Waals surface area contributed by atoms with Crippen LogP contribution in [0.3, 0.4) is 0 Å². The van der Waals surface area contributed by atoms with Crippen LogP contribution in [0.4, 0.5) is 0 Å². The van der Waals surface area contributed by atoms with Gasteiger partial charge in [0.25, 0.3) is 10.2 Å². The lowest BCUT2D eigenvalue weighted by molar-refractivity contribution is 0.0676. The Bertz CT molecular complexity index is 354. The minimum atomic E-state index is -3.41. The van der Waals surface area contributed by atoms with E-state index in [1.54, 1.807) is 0 Å². The summed E-state index contributed by atoms with van der Waals surface area (Å²) in [4.78, 5) is 0. The average molecular weight is 278 g/mol. The van der Waals surface area contributed by atoms with Crippen molar-refractivity contribution in [2.24, 2.45) is 5.92 Å². The number of nitrogens with one attached hydrogen (secondary N) is 1. The van der Waals surface area contributed by atoms with Gasteiger partial charge < -0.3 is 9.84 Å². The lowest BCUT2D eigenvalue weighted by atomic mass is 9.87. The summed E-state index contributed by atoms with van der Waals surface area (Å²) in [6, 6.07) is 0. The zero-order chi connectivity index (χ0) is 13.0. The van der Waals surface area contributed by atoms with Gasteiger partial charge in [0.05, 0.1) is 19.3 Å². The molecule has 106 valence electrons. The molecular formula is C11H22N2O4S. The molecule has 0 aromatic heterocycles. The van der Waals surface area contributed by atoms with Gasteiger partial charge in [0.2, 0.25) is 0 Å². The molecule has 2 fully saturated rings. The van der Waals surface area contributed by atoms with Gasteiger partial charge in [-0.1, -0.05) is 12.8 Å². The molecule has 2 unspecified atom stereocenters. The number of nitrogens with zero attached hydrogens (tertiary/aromatic N) is 1. The lowest BCUT2D eigenvalue weighted by Crippen LogP contribution is -2.48. The number of ether oxygens (including phenoxy) is 1. The highest BCUT2D eigenvalue weighted by Crippen LogP contribution is 2.23. The molecule has 1 saturated carbocycles. The van der Waals surface area contributed by atoms with Crippen molar-refractivity contribution in [2.45, 2.75) is 31.8 Å². The first-order valence-electron chi connectivity index (χ1n) is 6.60. The van der Waals surface area contributed by atoms with Gasteiger partial charge >= 0.3 is 0 Å². The summed E-state index contributed by atoms with van der Waals surface area (Å²) in [5.41, 5.74) is 0. The molecule has 0 aromatic rings. The number of rotatable bonds is 4. The van der Waals surface area contributed by atoms with E-state index in [-0.39, 0.29) is 12.0 Å². The van der Waals surface area contributed by atoms with Gasteiger partial charge in [-0.3, -0.25) is 0 Å². The van der Waals surface area contributed by atoms with Crippen LogP contribution < -0.4 is 4.72 Å². The standard InChI is InChI=1S/C11H22N2O4S/c14-11-4-2-1-3-10(11)9-12-18(15,16)13-5-7-17-8-6-13/h10-12,14H,1-9H2. The fourth-order valence-corrected chi connectivity index (χ4v) is 3.75. The molecule has 1 saturated heterocycles. The molecule has 2 N–H and O–H groups in total. The molecule has 0 aromatic carbocycles. The predicted molar refractivity (Wildman–Crippen MR) is 67.3 cm³/mol. The number of aliphatic hydroxyl groups excluding tert-OH is 1. The maximum Gasteiger partial charge on any atom is 0.279 e. The third-order valence-corrected chi connectivity index (χ3v) is 5.28. The molecule has 0 amide bonds. The summed E-state index contributed by atoms with van der Waals surface area (Å²) in [6.45, 7) is 2.05. The highest BCUT2D eigenvalue weighted by Gasteiger charge is 2.28. The van der Waals surface area contributed by atoms with Crippen molar-refractivity contribution in [3.8, 4) is 0 Å². The zero-order valence-electron chi connectivity index (χ0n) is 10.5. The fourth-order valence-electron chi connectivity index (χ4n) is 2.52. The Balaban J connectivity index is 1.84. The van der Waals surface area contributed by atoms with Crippen LogP contribution in [0.15, 0.2) is 0 Å². The van der Waals surface area contributed by atoms with E-state index in [0.717, 1.165) is 25.7 Å². The van der Waals surface area contributed by atoms with Crippen LogP contribution in [0.2, 0.25) is 0 Å². The number of hydrogen-bond acceptors (Lipinski definition) is 4. The van der Waals surface area contributed by atoms with Crippen molar-refractivity contribution in [2.75, 3.05) is 32.8 Å². The first-order chi connectivity index (χ1) is 8.59. The number of morpholine rings is 1. The van der Waals surface area contributed by atoms with Crippen LogP contribution in [-0.4, -0.2) is 56.8 Å². The molecule has 1 aliphatic carbocycles. The van der Waals surface area contributed by atoms with E-state index in [1.165, 1.54) is 4.31 Å². The number of hydrogen-bond donors (Lipinski definition) is 2. The van der Waals surface area contributed by atoms with Crippen LogP contribution >= 0.6 is 0 Å². The van der Waals surface area contributed by atoms with Crippen LogP contribution in [0, 0.1) is 5.92 Å². The second-order valence-corrected chi connectivity index (χ2v) is 6.73. The summed E-state index contributed by atoms with van der Waals surface area (Å²) in [5.74, 6) is 0.0505. The third-order valence-electron chi connectivity index (χ3n) is 3.71. The monoisotopic (exact) mass is 278 g/mol. The van der Waals surface area contributed by atoms with Crippen molar-refractivity contribution in [1.29, 1.82) is 0 Å². The van der Waals surface area contributed by atoms with Gasteiger partial charge in [-0.15, -0.1) is 0 Å². The molecule has 2 aliphatic rings. The van der Waals surface area contributed by atoms with Crippen LogP contribution in [-0.2, 0) is 14.9 Å². The summed E-state index contributed by atoms with van der Waals surface area (Å²) in [6.07, 6.45) is 3.41. The van der Waals surface area contributed by atoms with E-state index in [9.17, 15) is 13.5 Å². The smallest absolute Gasteiger partial charge is 0.279 e. The molecule has 18 heavy (non-hydrogen) atoms. The Kier molecular flexibility index (Phi) is 4.97. The molecule has 6 nitrogen and oxygen atoms in total. The predicted octanol–water partition coefficient (Wildman–Crippen LogP) is -0.296. The van der Waals surface area contributed by atoms with Gasteiger partial charge in [-0.25, -0.2) is 4.72 Å². The largest absolute Gasteiger partial charge is 0.393 e. The molecule has 7 heteroatoms. The molecular weight excluding hydrogens is 256 g/mol. The van der Waals surface area contributed by atoms with E-state index in [2.05, 4.69) is 4.72 Å². The molecule has 0 bridgehead atoms. The van der Waals surface area contributed by atoms with Crippen molar-refractivity contribution in [3.63, 3.8) is 0 Å². The van der Waals surface area contributed by atoms with Gasteiger partial charge in [-0.2, -0.15) is 12.7 Å². The average Bonchev–Trinajstić information content (AvgIpc) is 2.39. The molecule has 2 rings (SSSR count). The van der Waals surface area contributed by atoms with Crippen molar-refractivity contribution in [1.82, 2.24) is 9.03 Å². The third kappa shape index (κ3) is 3.64. The van der Waals surface area contributed by atoms with E-state index in [0.29, 0.717) is 32.8 Å². The number of aliphatic hydroxyl groups is 1. The molecule has 1 heterocycles. The van der Waals surface area contributed by atoms with Crippen LogP contribution in [0.1, 0.15) is 25.7 Å². The van der Waals surface area contributed by atoms with Crippen LogP contribution in [0.5, 0.6) is 0 Å². The van der Waals surface area contributed by atoms with E-state index >= 15 is 0 Å². The van der Waals surface area contributed by atoms with E-state index in [1.807, 2.05) is 0 Å². The topological polar surface area (TPSA) is 78.9 Å². The minimum absolute atomic E-state index is 0.0505. The van der Waals surface area contributed by atoms with Gasteiger partial charge in [0, 0.05) is 19.6 Å². The van der Waals surface area contributed by atoms with Crippen molar-refractivity contribution in [3.05, 3.63) is 0 Å². The Morgan fingerprint density at radius 1 is 1.22 bits per heavy atom. The summed E-state index contributed by atoms with van der Waals surface area (Å²) in [5, 5.41) is 9.81. The highest BCUT2D eigenvalue weighted by atomic mass is 32.2. The first kappa shape index (κ1) is 14.2. The maximum absolute atomic E-state index is 12.0. The lowest BCUT2D eigenvalue weighted by Gasteiger charge is -2.30. The fraction of sp³-hybridized carbons (Fsp3) is 1.00. The zero-order valence-corrected chi connectivity index (χ0v) is 11.4. The second kappa shape index (κ2) is 6.29. The summed E-state index contributed by atoms with van der Waals surface area (Å²) < 4.78 is 33.2. The van der Waals surface area contributed by atoms with Gasteiger partial charge in [-0.05, 0) is 18.8 Å². The Morgan fingerprint density at radius 3 is 2.56 bits per heavy atom. The summed E-state index contributed by atoms with van der Waals surface area (Å²) >= 11 is 0. The van der Waals surface area contributed by atoms with E-state index < -0.39 is 10.2 Å². The molecule has 1 aliphatic heterocycles. The Labute approximate surface area is 108 Å². The van der Waals surface area contributed by atoms with Crippen LogP contribution in [0.25, 0.3) is 0 Å². The van der Waals surface area contributed by atoms with Crippen molar-refractivity contribution >= 4 is 10.2 Å². The second-order valence-electron chi connectivity index (χ2n) is 4.98. The first-order valence-corrected chi connectivity index (χ1v) is 8.04. The molecule has 0 radical (unpaired) electrons. The quantitative estimate of drug-likeness (QED) is 0.740. The SMILES string of the molecule is O=S(=O)(NCC1CCCCC1O)N1CCOCC1. The molecule has 0 spiro atoms. The summed E-state index contributed by atoms with van der Waals surface area (Å²) in [7, 11) is -3.41. The van der Waals surface area contributed by atoms with Gasteiger partial charge in [0.15, 0.2) is 0 Å². The van der Waals surface area contributed by atoms with Gasteiger partial charge in [0.1, 0.15) is 0 Å².